The van der Waals surface area contributed by atoms with Crippen LogP contribution in [0, 0.1) is 0 Å². The van der Waals surface area contributed by atoms with Crippen LogP contribution in [-0.4, -0.2) is 26.5 Å². The Bertz CT molecular complexity index is 470. The molecular weight excluding hydrogens is 270 g/mol. The van der Waals surface area contributed by atoms with E-state index in [1.807, 2.05) is 31.2 Å². The molecule has 0 aliphatic heterocycles. The van der Waals surface area contributed by atoms with Gasteiger partial charge in [0.05, 0.1) is 5.75 Å². The van der Waals surface area contributed by atoms with Crippen LogP contribution in [0.4, 0.5) is 0 Å². The quantitative estimate of drug-likeness (QED) is 0.876. The van der Waals surface area contributed by atoms with Crippen molar-refractivity contribution in [2.24, 2.45) is 0 Å². The van der Waals surface area contributed by atoms with Crippen LogP contribution in [0.15, 0.2) is 24.3 Å². The molecule has 0 fully saturated rings. The molecule has 0 radical (unpaired) electrons. The Morgan fingerprint density at radius 1 is 1.22 bits per heavy atom. The Morgan fingerprint density at radius 2 is 1.78 bits per heavy atom. The summed E-state index contributed by atoms with van der Waals surface area (Å²) in [6.07, 6.45) is 1.89. The smallest absolute Gasteiger partial charge is 0.147 e. The Balaban J connectivity index is 2.49. The van der Waals surface area contributed by atoms with Gasteiger partial charge in [0.2, 0.25) is 0 Å². The van der Waals surface area contributed by atoms with Crippen molar-refractivity contribution in [3.05, 3.63) is 34.9 Å². The van der Waals surface area contributed by atoms with E-state index in [1.54, 1.807) is 0 Å². The molecule has 0 spiro atoms. The maximum atomic E-state index is 11.1. The molecule has 0 aliphatic rings. The first-order valence-corrected chi connectivity index (χ1v) is 8.41. The van der Waals surface area contributed by atoms with Crippen molar-refractivity contribution in [2.45, 2.75) is 32.4 Å². The maximum Gasteiger partial charge on any atom is 0.147 e. The van der Waals surface area contributed by atoms with E-state index in [9.17, 15) is 8.42 Å². The van der Waals surface area contributed by atoms with Crippen molar-refractivity contribution in [3.8, 4) is 0 Å². The minimum absolute atomic E-state index is 0.158. The van der Waals surface area contributed by atoms with Crippen molar-refractivity contribution in [1.29, 1.82) is 0 Å². The molecule has 0 aromatic heterocycles. The molecule has 3 nitrogen and oxygen atoms in total. The molecule has 0 heterocycles. The third-order valence-corrected chi connectivity index (χ3v) is 4.06. The zero-order valence-electron chi connectivity index (χ0n) is 11.0. The highest BCUT2D eigenvalue weighted by Gasteiger charge is 2.11. The number of halogens is 1. The molecule has 2 unspecified atom stereocenters. The maximum absolute atomic E-state index is 11.1. The SMILES string of the molecule is CC(CCS(C)(=O)=O)NC(C)c1ccc(Cl)cc1. The first-order chi connectivity index (χ1) is 8.28. The zero-order valence-corrected chi connectivity index (χ0v) is 12.6. The number of hydrogen-bond donors (Lipinski definition) is 1. The Morgan fingerprint density at radius 3 is 2.28 bits per heavy atom. The fourth-order valence-electron chi connectivity index (χ4n) is 1.75. The van der Waals surface area contributed by atoms with E-state index in [1.165, 1.54) is 6.26 Å². The second-order valence-corrected chi connectivity index (χ2v) is 7.46. The van der Waals surface area contributed by atoms with Gasteiger partial charge in [0, 0.05) is 23.4 Å². The van der Waals surface area contributed by atoms with Gasteiger partial charge in [0.1, 0.15) is 9.84 Å². The molecule has 102 valence electrons. The van der Waals surface area contributed by atoms with Gasteiger partial charge in [-0.1, -0.05) is 23.7 Å². The van der Waals surface area contributed by atoms with E-state index in [0.29, 0.717) is 6.42 Å². The average Bonchev–Trinajstić information content (AvgIpc) is 2.26. The predicted octanol–water partition coefficient (Wildman–Crippen LogP) is 2.81. The monoisotopic (exact) mass is 289 g/mol. The molecule has 0 bridgehead atoms. The van der Waals surface area contributed by atoms with Gasteiger partial charge in [-0.25, -0.2) is 8.42 Å². The Hall–Kier alpha value is -0.580. The number of benzene rings is 1. The van der Waals surface area contributed by atoms with Crippen molar-refractivity contribution >= 4 is 21.4 Å². The van der Waals surface area contributed by atoms with Crippen LogP contribution in [0.25, 0.3) is 0 Å². The topological polar surface area (TPSA) is 46.2 Å². The summed E-state index contributed by atoms with van der Waals surface area (Å²) in [6.45, 7) is 4.05. The van der Waals surface area contributed by atoms with Gasteiger partial charge in [-0.2, -0.15) is 0 Å². The van der Waals surface area contributed by atoms with Gasteiger partial charge in [0.15, 0.2) is 0 Å². The molecule has 18 heavy (non-hydrogen) atoms. The van der Waals surface area contributed by atoms with Gasteiger partial charge in [0.25, 0.3) is 0 Å². The van der Waals surface area contributed by atoms with E-state index in [0.717, 1.165) is 10.6 Å². The highest BCUT2D eigenvalue weighted by atomic mass is 35.5. The average molecular weight is 290 g/mol. The molecule has 0 aliphatic carbocycles. The van der Waals surface area contributed by atoms with Crippen molar-refractivity contribution < 1.29 is 8.42 Å². The van der Waals surface area contributed by atoms with Crippen molar-refractivity contribution in [2.75, 3.05) is 12.0 Å². The Labute approximate surface area is 114 Å². The summed E-state index contributed by atoms with van der Waals surface area (Å²) in [6, 6.07) is 8.00. The number of hydrogen-bond acceptors (Lipinski definition) is 3. The van der Waals surface area contributed by atoms with Crippen LogP contribution in [0.2, 0.25) is 5.02 Å². The normalized spacial score (nSPS) is 15.3. The number of nitrogens with one attached hydrogen (secondary N) is 1. The molecule has 0 amide bonds. The fourth-order valence-corrected chi connectivity index (χ4v) is 2.66. The number of sulfone groups is 1. The second kappa shape index (κ2) is 6.55. The lowest BCUT2D eigenvalue weighted by molar-refractivity contribution is 0.468. The lowest BCUT2D eigenvalue weighted by atomic mass is 10.1. The van der Waals surface area contributed by atoms with Gasteiger partial charge in [-0.3, -0.25) is 0 Å². The molecule has 1 aromatic rings. The summed E-state index contributed by atoms with van der Waals surface area (Å²) in [5.41, 5.74) is 1.14. The summed E-state index contributed by atoms with van der Waals surface area (Å²) in [5, 5.41) is 4.10. The van der Waals surface area contributed by atoms with Crippen LogP contribution in [0.3, 0.4) is 0 Å². The van der Waals surface area contributed by atoms with E-state index < -0.39 is 9.84 Å². The molecule has 1 rings (SSSR count). The third kappa shape index (κ3) is 5.85. The second-order valence-electron chi connectivity index (χ2n) is 4.76. The van der Waals surface area contributed by atoms with Crippen LogP contribution >= 0.6 is 11.6 Å². The summed E-state index contributed by atoms with van der Waals surface area (Å²) in [5.74, 6) is 0.217. The minimum Gasteiger partial charge on any atom is -0.308 e. The highest BCUT2D eigenvalue weighted by Crippen LogP contribution is 2.16. The Kier molecular flexibility index (Phi) is 5.63. The molecular formula is C13H20ClNO2S. The van der Waals surface area contributed by atoms with Crippen molar-refractivity contribution in [3.63, 3.8) is 0 Å². The lowest BCUT2D eigenvalue weighted by Gasteiger charge is -2.20. The van der Waals surface area contributed by atoms with E-state index in [4.69, 9.17) is 11.6 Å². The van der Waals surface area contributed by atoms with Gasteiger partial charge < -0.3 is 5.32 Å². The van der Waals surface area contributed by atoms with Gasteiger partial charge >= 0.3 is 0 Å². The van der Waals surface area contributed by atoms with Crippen LogP contribution in [0.1, 0.15) is 31.9 Å². The van der Waals surface area contributed by atoms with E-state index >= 15 is 0 Å². The first-order valence-electron chi connectivity index (χ1n) is 5.97. The highest BCUT2D eigenvalue weighted by molar-refractivity contribution is 7.90. The minimum atomic E-state index is -2.88. The summed E-state index contributed by atoms with van der Waals surface area (Å²) in [7, 11) is -2.88. The predicted molar refractivity (Wildman–Crippen MR) is 76.8 cm³/mol. The van der Waals surface area contributed by atoms with Gasteiger partial charge in [-0.05, 0) is 38.0 Å². The first kappa shape index (κ1) is 15.5. The largest absolute Gasteiger partial charge is 0.308 e. The zero-order chi connectivity index (χ0) is 13.8. The summed E-state index contributed by atoms with van der Waals surface area (Å²) in [4.78, 5) is 0. The summed E-state index contributed by atoms with van der Waals surface area (Å²) >= 11 is 5.83. The van der Waals surface area contributed by atoms with Crippen molar-refractivity contribution in [1.82, 2.24) is 5.32 Å². The van der Waals surface area contributed by atoms with E-state index in [2.05, 4.69) is 12.2 Å². The molecule has 0 saturated heterocycles. The number of rotatable bonds is 6. The van der Waals surface area contributed by atoms with E-state index in [-0.39, 0.29) is 17.8 Å². The van der Waals surface area contributed by atoms with Gasteiger partial charge in [-0.15, -0.1) is 0 Å². The molecule has 1 aromatic carbocycles. The van der Waals surface area contributed by atoms with Crippen LogP contribution in [0.5, 0.6) is 0 Å². The third-order valence-electron chi connectivity index (χ3n) is 2.83. The van der Waals surface area contributed by atoms with Crippen LogP contribution in [-0.2, 0) is 9.84 Å². The molecule has 2 atom stereocenters. The standard InChI is InChI=1S/C13H20ClNO2S/c1-10(8-9-18(3,16)17)15-11(2)12-4-6-13(14)7-5-12/h4-7,10-11,15H,8-9H2,1-3H3. The molecule has 0 saturated carbocycles. The molecule has 5 heteroatoms. The summed E-state index contributed by atoms with van der Waals surface area (Å²) < 4.78 is 22.2. The lowest BCUT2D eigenvalue weighted by Crippen LogP contribution is -2.30. The molecule has 1 N–H and O–H groups in total. The fraction of sp³-hybridized carbons (Fsp3) is 0.538. The van der Waals surface area contributed by atoms with Crippen LogP contribution < -0.4 is 5.32 Å².